The molecule has 4 heteroatoms. The van der Waals surface area contributed by atoms with E-state index in [2.05, 4.69) is 30.6 Å². The summed E-state index contributed by atoms with van der Waals surface area (Å²) < 4.78 is 20.1. The molecule has 1 aliphatic rings. The molecule has 1 aromatic rings. The van der Waals surface area contributed by atoms with Crippen LogP contribution in [0.15, 0.2) is 12.1 Å². The summed E-state index contributed by atoms with van der Waals surface area (Å²) in [7, 11) is 1.55. The number of methoxy groups -OCH3 is 1. The second-order valence-electron chi connectivity index (χ2n) is 6.00. The van der Waals surface area contributed by atoms with Gasteiger partial charge in [0.1, 0.15) is 0 Å². The lowest BCUT2D eigenvalue weighted by molar-refractivity contribution is 0.257. The monoisotopic (exact) mass is 294 g/mol. The smallest absolute Gasteiger partial charge is 0.188 e. The Labute approximate surface area is 127 Å². The summed E-state index contributed by atoms with van der Waals surface area (Å²) in [5.74, 6) is 0.441. The van der Waals surface area contributed by atoms with Crippen LogP contribution in [-0.2, 0) is 0 Å². The molecule has 0 bridgehead atoms. The van der Waals surface area contributed by atoms with Crippen LogP contribution in [0.1, 0.15) is 38.7 Å². The van der Waals surface area contributed by atoms with Gasteiger partial charge in [0.15, 0.2) is 11.6 Å². The van der Waals surface area contributed by atoms with Crippen LogP contribution in [0.25, 0.3) is 0 Å². The second-order valence-corrected chi connectivity index (χ2v) is 6.00. The normalized spacial score (nSPS) is 16.6. The van der Waals surface area contributed by atoms with Gasteiger partial charge in [-0.15, -0.1) is 0 Å². The summed E-state index contributed by atoms with van der Waals surface area (Å²) in [6.45, 7) is 11.2. The van der Waals surface area contributed by atoms with Gasteiger partial charge in [-0.05, 0) is 30.5 Å². The van der Waals surface area contributed by atoms with Gasteiger partial charge in [0.25, 0.3) is 0 Å². The Balaban J connectivity index is 2.18. The molecule has 118 valence electrons. The fourth-order valence-corrected chi connectivity index (χ4v) is 3.00. The van der Waals surface area contributed by atoms with Crippen molar-refractivity contribution in [1.29, 1.82) is 0 Å². The molecule has 0 spiro atoms. The zero-order valence-electron chi connectivity index (χ0n) is 13.7. The zero-order chi connectivity index (χ0) is 15.4. The number of nitrogens with zero attached hydrogens (tertiary/aromatic N) is 2. The van der Waals surface area contributed by atoms with Gasteiger partial charge < -0.3 is 9.64 Å². The number of benzene rings is 1. The van der Waals surface area contributed by atoms with Gasteiger partial charge in [0, 0.05) is 26.2 Å². The fraction of sp³-hybridized carbons (Fsp3) is 0.647. The van der Waals surface area contributed by atoms with Crippen molar-refractivity contribution in [1.82, 2.24) is 4.90 Å². The molecule has 1 aliphatic heterocycles. The highest BCUT2D eigenvalue weighted by Gasteiger charge is 2.23. The minimum atomic E-state index is -0.215. The number of hydrogen-bond donors (Lipinski definition) is 0. The summed E-state index contributed by atoms with van der Waals surface area (Å²) in [4.78, 5) is 4.57. The highest BCUT2D eigenvalue weighted by Crippen LogP contribution is 2.35. The van der Waals surface area contributed by atoms with E-state index in [1.165, 1.54) is 6.42 Å². The van der Waals surface area contributed by atoms with Crippen LogP contribution in [0.3, 0.4) is 0 Å². The van der Waals surface area contributed by atoms with E-state index in [1.54, 1.807) is 7.11 Å². The van der Waals surface area contributed by atoms with Crippen LogP contribution in [-0.4, -0.2) is 44.7 Å². The molecular formula is C17H27FN2O. The van der Waals surface area contributed by atoms with Crippen LogP contribution in [0, 0.1) is 5.82 Å². The minimum absolute atomic E-state index is 0.215. The lowest BCUT2D eigenvalue weighted by atomic mass is 10.0. The Morgan fingerprint density at radius 3 is 2.38 bits per heavy atom. The maximum atomic E-state index is 14.7. The van der Waals surface area contributed by atoms with Crippen molar-refractivity contribution in [2.75, 3.05) is 44.7 Å². The van der Waals surface area contributed by atoms with E-state index >= 15 is 0 Å². The van der Waals surface area contributed by atoms with Crippen LogP contribution in [0.4, 0.5) is 10.1 Å². The number of ether oxygens (including phenoxy) is 1. The van der Waals surface area contributed by atoms with Crippen LogP contribution < -0.4 is 9.64 Å². The van der Waals surface area contributed by atoms with Gasteiger partial charge in [-0.25, -0.2) is 4.39 Å². The van der Waals surface area contributed by atoms with Gasteiger partial charge in [-0.3, -0.25) is 4.90 Å². The molecule has 0 aromatic heterocycles. The van der Waals surface area contributed by atoms with Crippen LogP contribution in [0.2, 0.25) is 0 Å². The molecule has 21 heavy (non-hydrogen) atoms. The molecule has 0 saturated carbocycles. The topological polar surface area (TPSA) is 15.7 Å². The van der Waals surface area contributed by atoms with Crippen molar-refractivity contribution in [3.8, 4) is 5.75 Å². The molecule has 0 amide bonds. The third kappa shape index (κ3) is 3.49. The average Bonchev–Trinajstić information content (AvgIpc) is 2.48. The second kappa shape index (κ2) is 7.12. The van der Waals surface area contributed by atoms with E-state index < -0.39 is 0 Å². The van der Waals surface area contributed by atoms with Crippen molar-refractivity contribution in [2.24, 2.45) is 0 Å². The Bertz CT molecular complexity index is 468. The average molecular weight is 294 g/mol. The van der Waals surface area contributed by atoms with Gasteiger partial charge in [-0.2, -0.15) is 0 Å². The van der Waals surface area contributed by atoms with E-state index in [0.717, 1.165) is 38.3 Å². The predicted octanol–water partition coefficient (Wildman–Crippen LogP) is 3.49. The lowest BCUT2D eigenvalue weighted by Gasteiger charge is -2.36. The lowest BCUT2D eigenvalue weighted by Crippen LogP contribution is -2.46. The van der Waals surface area contributed by atoms with Crippen LogP contribution >= 0.6 is 0 Å². The number of rotatable bonds is 5. The van der Waals surface area contributed by atoms with Crippen molar-refractivity contribution >= 4 is 5.69 Å². The SMILES string of the molecule is CCCN1CCN(c2ccc(C(C)C)c(OC)c2F)CC1. The molecule has 0 unspecified atom stereocenters. The maximum absolute atomic E-state index is 14.7. The fourth-order valence-electron chi connectivity index (χ4n) is 3.00. The van der Waals surface area contributed by atoms with Gasteiger partial charge >= 0.3 is 0 Å². The van der Waals surface area contributed by atoms with Gasteiger partial charge in [0.2, 0.25) is 0 Å². The molecule has 1 saturated heterocycles. The highest BCUT2D eigenvalue weighted by atomic mass is 19.1. The summed E-state index contributed by atoms with van der Waals surface area (Å²) in [5.41, 5.74) is 1.61. The molecule has 0 radical (unpaired) electrons. The number of hydrogen-bond acceptors (Lipinski definition) is 3. The van der Waals surface area contributed by atoms with Crippen molar-refractivity contribution < 1.29 is 9.13 Å². The Morgan fingerprint density at radius 1 is 1.19 bits per heavy atom. The third-order valence-corrected chi connectivity index (χ3v) is 4.19. The van der Waals surface area contributed by atoms with E-state index in [1.807, 2.05) is 12.1 Å². The Kier molecular flexibility index (Phi) is 5.45. The molecular weight excluding hydrogens is 267 g/mol. The zero-order valence-corrected chi connectivity index (χ0v) is 13.7. The van der Waals surface area contributed by atoms with Crippen molar-refractivity contribution in [2.45, 2.75) is 33.1 Å². The van der Waals surface area contributed by atoms with E-state index in [9.17, 15) is 4.39 Å². The van der Waals surface area contributed by atoms with Crippen molar-refractivity contribution in [3.63, 3.8) is 0 Å². The first-order valence-corrected chi connectivity index (χ1v) is 7.92. The minimum Gasteiger partial charge on any atom is -0.493 e. The first kappa shape index (κ1) is 16.1. The maximum Gasteiger partial charge on any atom is 0.188 e. The van der Waals surface area contributed by atoms with Crippen molar-refractivity contribution in [3.05, 3.63) is 23.5 Å². The van der Waals surface area contributed by atoms with Gasteiger partial charge in [-0.1, -0.05) is 26.8 Å². The molecule has 1 aromatic carbocycles. The highest BCUT2D eigenvalue weighted by molar-refractivity contribution is 5.56. The van der Waals surface area contributed by atoms with E-state index in [4.69, 9.17) is 4.74 Å². The Morgan fingerprint density at radius 2 is 1.86 bits per heavy atom. The first-order valence-electron chi connectivity index (χ1n) is 7.92. The predicted molar refractivity (Wildman–Crippen MR) is 86.0 cm³/mol. The summed E-state index contributed by atoms with van der Waals surface area (Å²) in [6, 6.07) is 3.91. The third-order valence-electron chi connectivity index (χ3n) is 4.19. The number of anilines is 1. The summed E-state index contributed by atoms with van der Waals surface area (Å²) >= 11 is 0. The molecule has 1 heterocycles. The molecule has 3 nitrogen and oxygen atoms in total. The van der Waals surface area contributed by atoms with E-state index in [0.29, 0.717) is 11.4 Å². The van der Waals surface area contributed by atoms with Crippen LogP contribution in [0.5, 0.6) is 5.75 Å². The summed E-state index contributed by atoms with van der Waals surface area (Å²) in [6.07, 6.45) is 1.17. The summed E-state index contributed by atoms with van der Waals surface area (Å²) in [5, 5.41) is 0. The standard InChI is InChI=1S/C17H27FN2O/c1-5-8-19-9-11-20(12-10-19)15-7-6-14(13(2)3)17(21-4)16(15)18/h6-7,13H,5,8-12H2,1-4H3. The Hall–Kier alpha value is -1.29. The first-order chi connectivity index (χ1) is 10.1. The number of piperazine rings is 1. The van der Waals surface area contributed by atoms with Gasteiger partial charge in [0.05, 0.1) is 12.8 Å². The molecule has 2 rings (SSSR count). The molecule has 0 aliphatic carbocycles. The molecule has 1 fully saturated rings. The van der Waals surface area contributed by atoms with E-state index in [-0.39, 0.29) is 11.7 Å². The molecule has 0 N–H and O–H groups in total. The largest absolute Gasteiger partial charge is 0.493 e. The number of halogens is 1. The quantitative estimate of drug-likeness (QED) is 0.827. The molecule has 0 atom stereocenters.